The number of ether oxygens (including phenoxy) is 1. The molecule has 0 aromatic heterocycles. The number of carbonyl (C=O) groups is 1. The van der Waals surface area contributed by atoms with E-state index in [4.69, 9.17) is 16.3 Å². The van der Waals surface area contributed by atoms with Crippen LogP contribution in [0.15, 0.2) is 18.2 Å². The van der Waals surface area contributed by atoms with Crippen LogP contribution in [-0.2, 0) is 19.6 Å². The third-order valence-electron chi connectivity index (χ3n) is 4.68. The van der Waals surface area contributed by atoms with Gasteiger partial charge in [0.1, 0.15) is 6.54 Å². The Balaban J connectivity index is 1.80. The van der Waals surface area contributed by atoms with Crippen molar-refractivity contribution >= 4 is 33.2 Å². The Morgan fingerprint density at radius 2 is 2.00 bits per heavy atom. The van der Waals surface area contributed by atoms with Crippen molar-refractivity contribution in [3.63, 3.8) is 0 Å². The molecule has 0 saturated heterocycles. The SMILES string of the molecule is Cc1ccc(N(CC(=O)NCCCOC2CCCCC2)S(C)(=O)=O)cc1Cl. The van der Waals surface area contributed by atoms with Gasteiger partial charge in [-0.05, 0) is 43.9 Å². The lowest BCUT2D eigenvalue weighted by atomic mass is 9.98. The van der Waals surface area contributed by atoms with Crippen LogP contribution in [-0.4, -0.2) is 46.4 Å². The Bertz CT molecular complexity index is 733. The summed E-state index contributed by atoms with van der Waals surface area (Å²) in [7, 11) is -3.60. The Labute approximate surface area is 167 Å². The lowest BCUT2D eigenvalue weighted by Gasteiger charge is -2.23. The van der Waals surface area contributed by atoms with E-state index in [-0.39, 0.29) is 12.5 Å². The first-order chi connectivity index (χ1) is 12.8. The molecule has 1 aliphatic carbocycles. The molecule has 8 heteroatoms. The molecule has 1 aliphatic rings. The molecule has 1 saturated carbocycles. The highest BCUT2D eigenvalue weighted by atomic mass is 35.5. The zero-order valence-corrected chi connectivity index (χ0v) is 17.6. The van der Waals surface area contributed by atoms with Crippen LogP contribution >= 0.6 is 11.6 Å². The van der Waals surface area contributed by atoms with E-state index in [0.717, 1.165) is 29.0 Å². The molecule has 0 spiro atoms. The van der Waals surface area contributed by atoms with Gasteiger partial charge in [-0.1, -0.05) is 36.9 Å². The largest absolute Gasteiger partial charge is 0.378 e. The molecule has 152 valence electrons. The molecule has 0 unspecified atom stereocenters. The van der Waals surface area contributed by atoms with Gasteiger partial charge >= 0.3 is 0 Å². The van der Waals surface area contributed by atoms with Gasteiger partial charge in [-0.3, -0.25) is 9.10 Å². The van der Waals surface area contributed by atoms with Crippen LogP contribution in [0.5, 0.6) is 0 Å². The standard InChI is InChI=1S/C19H29ClN2O4S/c1-15-9-10-16(13-18(15)20)22(27(2,24)25)14-19(23)21-11-6-12-26-17-7-4-3-5-8-17/h9-10,13,17H,3-8,11-12,14H2,1-2H3,(H,21,23). The van der Waals surface area contributed by atoms with Gasteiger partial charge < -0.3 is 10.1 Å². The molecular formula is C19H29ClN2O4S. The number of carbonyl (C=O) groups excluding carboxylic acids is 1. The smallest absolute Gasteiger partial charge is 0.240 e. The maximum atomic E-state index is 12.2. The number of benzene rings is 1. The molecule has 2 rings (SSSR count). The van der Waals surface area contributed by atoms with Gasteiger partial charge in [-0.25, -0.2) is 8.42 Å². The molecule has 1 aromatic rings. The number of amides is 1. The van der Waals surface area contributed by atoms with Gasteiger partial charge in [-0.2, -0.15) is 0 Å². The zero-order valence-electron chi connectivity index (χ0n) is 16.0. The summed E-state index contributed by atoms with van der Waals surface area (Å²) in [6, 6.07) is 4.94. The number of aryl methyl sites for hydroxylation is 1. The van der Waals surface area contributed by atoms with Crippen LogP contribution in [0.4, 0.5) is 5.69 Å². The van der Waals surface area contributed by atoms with Crippen LogP contribution in [0.3, 0.4) is 0 Å². The quantitative estimate of drug-likeness (QED) is 0.627. The number of anilines is 1. The van der Waals surface area contributed by atoms with Crippen molar-refractivity contribution in [1.29, 1.82) is 0 Å². The minimum atomic E-state index is -3.60. The van der Waals surface area contributed by atoms with E-state index in [1.807, 2.05) is 6.92 Å². The first-order valence-corrected chi connectivity index (χ1v) is 11.6. The fraction of sp³-hybridized carbons (Fsp3) is 0.632. The molecule has 0 radical (unpaired) electrons. The lowest BCUT2D eigenvalue weighted by Crippen LogP contribution is -2.40. The highest BCUT2D eigenvalue weighted by molar-refractivity contribution is 7.92. The van der Waals surface area contributed by atoms with Gasteiger partial charge in [-0.15, -0.1) is 0 Å². The molecule has 1 N–H and O–H groups in total. The normalized spacial score (nSPS) is 15.5. The first kappa shape index (κ1) is 22.0. The van der Waals surface area contributed by atoms with Crippen molar-refractivity contribution in [2.75, 3.05) is 30.3 Å². The van der Waals surface area contributed by atoms with Gasteiger partial charge in [0.2, 0.25) is 15.9 Å². The van der Waals surface area contributed by atoms with E-state index in [1.165, 1.54) is 19.3 Å². The zero-order chi connectivity index (χ0) is 19.9. The van der Waals surface area contributed by atoms with Gasteiger partial charge in [0.25, 0.3) is 0 Å². The van der Waals surface area contributed by atoms with Crippen molar-refractivity contribution in [2.45, 2.75) is 51.6 Å². The highest BCUT2D eigenvalue weighted by Crippen LogP contribution is 2.24. The number of hydrogen-bond donors (Lipinski definition) is 1. The van der Waals surface area contributed by atoms with E-state index in [9.17, 15) is 13.2 Å². The molecule has 1 aromatic carbocycles. The summed E-state index contributed by atoms with van der Waals surface area (Å²) in [6.45, 7) is 2.62. The van der Waals surface area contributed by atoms with Crippen molar-refractivity contribution in [3.05, 3.63) is 28.8 Å². The predicted octanol–water partition coefficient (Wildman–Crippen LogP) is 3.27. The van der Waals surface area contributed by atoms with Gasteiger partial charge in [0.15, 0.2) is 0 Å². The van der Waals surface area contributed by atoms with Crippen LogP contribution in [0, 0.1) is 6.92 Å². The Morgan fingerprint density at radius 3 is 2.63 bits per heavy atom. The van der Waals surface area contributed by atoms with Gasteiger partial charge in [0, 0.05) is 18.2 Å². The third kappa shape index (κ3) is 7.31. The molecule has 1 amide bonds. The monoisotopic (exact) mass is 416 g/mol. The van der Waals surface area contributed by atoms with E-state index < -0.39 is 10.0 Å². The maximum Gasteiger partial charge on any atom is 0.240 e. The van der Waals surface area contributed by atoms with Crippen molar-refractivity contribution < 1.29 is 17.9 Å². The molecular weight excluding hydrogens is 388 g/mol. The third-order valence-corrected chi connectivity index (χ3v) is 6.23. The summed E-state index contributed by atoms with van der Waals surface area (Å²) in [5.74, 6) is -0.352. The first-order valence-electron chi connectivity index (χ1n) is 9.39. The van der Waals surface area contributed by atoms with E-state index >= 15 is 0 Å². The second kappa shape index (κ2) is 10.3. The topological polar surface area (TPSA) is 75.7 Å². The Morgan fingerprint density at radius 1 is 1.30 bits per heavy atom. The number of sulfonamides is 1. The summed E-state index contributed by atoms with van der Waals surface area (Å²) in [6.07, 6.45) is 8.12. The molecule has 0 aliphatic heterocycles. The summed E-state index contributed by atoms with van der Waals surface area (Å²) < 4.78 is 31.1. The van der Waals surface area contributed by atoms with Gasteiger partial charge in [0.05, 0.1) is 18.0 Å². The van der Waals surface area contributed by atoms with Crippen molar-refractivity contribution in [3.8, 4) is 0 Å². The Kier molecular flexibility index (Phi) is 8.38. The molecule has 1 fully saturated rings. The summed E-state index contributed by atoms with van der Waals surface area (Å²) >= 11 is 6.09. The van der Waals surface area contributed by atoms with Crippen LogP contribution in [0.25, 0.3) is 0 Å². The fourth-order valence-electron chi connectivity index (χ4n) is 3.11. The molecule has 0 atom stereocenters. The van der Waals surface area contributed by atoms with Crippen LogP contribution in [0.1, 0.15) is 44.1 Å². The Hall–Kier alpha value is -1.31. The second-order valence-electron chi connectivity index (χ2n) is 7.04. The number of nitrogens with one attached hydrogen (secondary N) is 1. The molecule has 0 heterocycles. The minimum Gasteiger partial charge on any atom is -0.378 e. The van der Waals surface area contributed by atoms with E-state index in [1.54, 1.807) is 18.2 Å². The average Bonchev–Trinajstić information content (AvgIpc) is 2.62. The summed E-state index contributed by atoms with van der Waals surface area (Å²) in [4.78, 5) is 12.2. The highest BCUT2D eigenvalue weighted by Gasteiger charge is 2.21. The summed E-state index contributed by atoms with van der Waals surface area (Å²) in [5, 5.41) is 3.22. The maximum absolute atomic E-state index is 12.2. The molecule has 27 heavy (non-hydrogen) atoms. The van der Waals surface area contributed by atoms with E-state index in [0.29, 0.717) is 36.4 Å². The fourth-order valence-corrected chi connectivity index (χ4v) is 4.13. The van der Waals surface area contributed by atoms with Crippen LogP contribution < -0.4 is 9.62 Å². The summed E-state index contributed by atoms with van der Waals surface area (Å²) in [5.41, 5.74) is 1.22. The second-order valence-corrected chi connectivity index (χ2v) is 9.35. The molecule has 6 nitrogen and oxygen atoms in total. The van der Waals surface area contributed by atoms with E-state index in [2.05, 4.69) is 5.32 Å². The number of nitrogens with zero attached hydrogens (tertiary/aromatic N) is 1. The number of rotatable bonds is 9. The average molecular weight is 417 g/mol. The predicted molar refractivity (Wildman–Crippen MR) is 109 cm³/mol. The minimum absolute atomic E-state index is 0.276. The van der Waals surface area contributed by atoms with Crippen molar-refractivity contribution in [1.82, 2.24) is 5.32 Å². The lowest BCUT2D eigenvalue weighted by molar-refractivity contribution is -0.119. The van der Waals surface area contributed by atoms with Crippen LogP contribution in [0.2, 0.25) is 5.02 Å². The van der Waals surface area contributed by atoms with Crippen molar-refractivity contribution in [2.24, 2.45) is 0 Å². The number of halogens is 1. The number of hydrogen-bond acceptors (Lipinski definition) is 4. The molecule has 0 bridgehead atoms.